The van der Waals surface area contributed by atoms with E-state index in [1.54, 1.807) is 26.0 Å². The maximum absolute atomic E-state index is 15.2. The van der Waals surface area contributed by atoms with Crippen molar-refractivity contribution in [3.63, 3.8) is 0 Å². The first-order valence-electron chi connectivity index (χ1n) is 12.8. The number of nitrogens with one attached hydrogen (secondary N) is 3. The molecule has 2 aromatic rings. The molecule has 0 spiro atoms. The highest BCUT2D eigenvalue weighted by Crippen LogP contribution is 2.30. The number of carbonyl (C=O) groups is 2. The summed E-state index contributed by atoms with van der Waals surface area (Å²) in [5.41, 5.74) is 1.26. The standard InChI is InChI=1S/C28H39FN4O5/c1-8-12-18(4)37-25-16-24(32-28(35)33(7)26(30)19(5)38-20(6)36-9-2)22(29)15-21(25)27(34)31-23-14-11-10-13-17(23)3/h10-11,13-16,18-20,30H,8-9,12H2,1-7H3,(H,31,34)(H,32,35). The van der Waals surface area contributed by atoms with Crippen molar-refractivity contribution in [3.8, 4) is 5.75 Å². The predicted octanol–water partition coefficient (Wildman–Crippen LogP) is 6.18. The summed E-state index contributed by atoms with van der Waals surface area (Å²) >= 11 is 0. The van der Waals surface area contributed by atoms with Gasteiger partial charge in [-0.05, 0) is 58.7 Å². The summed E-state index contributed by atoms with van der Waals surface area (Å²) in [7, 11) is 1.38. The number of carbonyl (C=O) groups excluding carboxylic acids is 2. The Balaban J connectivity index is 2.29. The van der Waals surface area contributed by atoms with Gasteiger partial charge in [0.1, 0.15) is 23.5 Å². The van der Waals surface area contributed by atoms with Crippen molar-refractivity contribution in [1.82, 2.24) is 4.90 Å². The largest absolute Gasteiger partial charge is 0.490 e. The number of hydrogen-bond acceptors (Lipinski definition) is 6. The molecule has 10 heteroatoms. The van der Waals surface area contributed by atoms with Crippen LogP contribution in [0, 0.1) is 18.2 Å². The van der Waals surface area contributed by atoms with Crippen molar-refractivity contribution in [2.75, 3.05) is 24.3 Å². The molecule has 0 saturated carbocycles. The Labute approximate surface area is 224 Å². The first-order chi connectivity index (χ1) is 18.0. The second-order valence-electron chi connectivity index (χ2n) is 8.99. The van der Waals surface area contributed by atoms with Gasteiger partial charge in [0.25, 0.3) is 5.91 Å². The fourth-order valence-electron chi connectivity index (χ4n) is 3.72. The molecule has 2 rings (SSSR count). The number of nitrogens with zero attached hydrogens (tertiary/aromatic N) is 1. The Morgan fingerprint density at radius 3 is 2.39 bits per heavy atom. The van der Waals surface area contributed by atoms with Gasteiger partial charge >= 0.3 is 6.03 Å². The van der Waals surface area contributed by atoms with Gasteiger partial charge in [0, 0.05) is 25.4 Å². The first kappa shape index (κ1) is 30.7. The number of ether oxygens (including phenoxy) is 3. The fraction of sp³-hybridized carbons (Fsp3) is 0.464. The van der Waals surface area contributed by atoms with E-state index in [9.17, 15) is 9.59 Å². The normalized spacial score (nSPS) is 13.3. The van der Waals surface area contributed by atoms with Crippen molar-refractivity contribution in [2.24, 2.45) is 0 Å². The molecular weight excluding hydrogens is 491 g/mol. The zero-order chi connectivity index (χ0) is 28.4. The van der Waals surface area contributed by atoms with Crippen LogP contribution < -0.4 is 15.4 Å². The van der Waals surface area contributed by atoms with Crippen LogP contribution in [-0.4, -0.2) is 54.8 Å². The van der Waals surface area contributed by atoms with Gasteiger partial charge in [-0.25, -0.2) is 9.18 Å². The Hall–Kier alpha value is -3.50. The first-order valence-corrected chi connectivity index (χ1v) is 12.8. The van der Waals surface area contributed by atoms with E-state index in [1.807, 2.05) is 39.8 Å². The zero-order valence-corrected chi connectivity index (χ0v) is 23.2. The van der Waals surface area contributed by atoms with Gasteiger partial charge in [0.05, 0.1) is 17.4 Å². The monoisotopic (exact) mass is 530 g/mol. The fourth-order valence-corrected chi connectivity index (χ4v) is 3.72. The molecule has 0 aromatic heterocycles. The maximum Gasteiger partial charge on any atom is 0.327 e. The molecule has 3 atom stereocenters. The molecule has 0 radical (unpaired) electrons. The van der Waals surface area contributed by atoms with E-state index in [-0.39, 0.29) is 28.9 Å². The number of aryl methyl sites for hydroxylation is 1. The van der Waals surface area contributed by atoms with Crippen LogP contribution in [0.15, 0.2) is 36.4 Å². The van der Waals surface area contributed by atoms with E-state index in [2.05, 4.69) is 10.6 Å². The third-order valence-corrected chi connectivity index (χ3v) is 5.82. The number of rotatable bonds is 12. The highest BCUT2D eigenvalue weighted by atomic mass is 19.1. The molecule has 2 aromatic carbocycles. The lowest BCUT2D eigenvalue weighted by Gasteiger charge is -2.25. The van der Waals surface area contributed by atoms with Gasteiger partial charge in [-0.15, -0.1) is 0 Å². The Bertz CT molecular complexity index is 1130. The van der Waals surface area contributed by atoms with Crippen molar-refractivity contribution in [3.05, 3.63) is 53.3 Å². The Kier molecular flexibility index (Phi) is 11.7. The summed E-state index contributed by atoms with van der Waals surface area (Å²) in [6, 6.07) is 8.83. The summed E-state index contributed by atoms with van der Waals surface area (Å²) in [6.45, 7) is 11.3. The molecule has 0 bridgehead atoms. The molecule has 3 amide bonds. The Morgan fingerprint density at radius 2 is 1.76 bits per heavy atom. The lowest BCUT2D eigenvalue weighted by Crippen LogP contribution is -2.43. The van der Waals surface area contributed by atoms with Crippen LogP contribution in [0.2, 0.25) is 0 Å². The van der Waals surface area contributed by atoms with E-state index in [1.165, 1.54) is 13.1 Å². The number of amides is 3. The second kappa shape index (κ2) is 14.4. The molecule has 0 fully saturated rings. The minimum absolute atomic E-state index is 0.000244. The summed E-state index contributed by atoms with van der Waals surface area (Å²) < 4.78 is 32.1. The van der Waals surface area contributed by atoms with Crippen LogP contribution in [-0.2, 0) is 9.47 Å². The van der Waals surface area contributed by atoms with E-state index >= 15 is 4.39 Å². The lowest BCUT2D eigenvalue weighted by molar-refractivity contribution is -0.138. The molecule has 0 saturated heterocycles. The molecule has 3 N–H and O–H groups in total. The number of para-hydroxylation sites is 1. The van der Waals surface area contributed by atoms with Gasteiger partial charge in [-0.3, -0.25) is 15.1 Å². The van der Waals surface area contributed by atoms with Crippen molar-refractivity contribution in [1.29, 1.82) is 5.41 Å². The van der Waals surface area contributed by atoms with Crippen LogP contribution in [0.1, 0.15) is 63.4 Å². The zero-order valence-electron chi connectivity index (χ0n) is 23.2. The number of hydrogen-bond donors (Lipinski definition) is 3. The van der Waals surface area contributed by atoms with Crippen molar-refractivity contribution in [2.45, 2.75) is 72.9 Å². The van der Waals surface area contributed by atoms with Crippen LogP contribution in [0.3, 0.4) is 0 Å². The number of amidine groups is 1. The summed E-state index contributed by atoms with van der Waals surface area (Å²) in [5, 5.41) is 13.5. The highest BCUT2D eigenvalue weighted by Gasteiger charge is 2.24. The average molecular weight is 531 g/mol. The van der Waals surface area contributed by atoms with E-state index < -0.39 is 30.1 Å². The van der Waals surface area contributed by atoms with Gasteiger partial charge in [-0.1, -0.05) is 31.5 Å². The SMILES string of the molecule is CCCC(C)Oc1cc(NC(=O)N(C)C(=N)C(C)OC(C)OCC)c(F)cc1C(=O)Nc1ccccc1C. The van der Waals surface area contributed by atoms with Crippen molar-refractivity contribution < 1.29 is 28.2 Å². The molecule has 0 aliphatic heterocycles. The summed E-state index contributed by atoms with van der Waals surface area (Å²) in [6.07, 6.45) is 0.00727. The van der Waals surface area contributed by atoms with E-state index in [0.717, 1.165) is 29.4 Å². The second-order valence-corrected chi connectivity index (χ2v) is 8.99. The minimum atomic E-state index is -0.821. The smallest absolute Gasteiger partial charge is 0.327 e. The third kappa shape index (κ3) is 8.53. The number of anilines is 2. The lowest BCUT2D eigenvalue weighted by atomic mass is 10.1. The van der Waals surface area contributed by atoms with Gasteiger partial charge in [0.2, 0.25) is 0 Å². The Morgan fingerprint density at radius 1 is 1.08 bits per heavy atom. The van der Waals surface area contributed by atoms with Gasteiger partial charge in [-0.2, -0.15) is 0 Å². The number of benzene rings is 2. The topological polar surface area (TPSA) is 113 Å². The average Bonchev–Trinajstić information content (AvgIpc) is 2.86. The molecule has 0 aliphatic carbocycles. The molecule has 38 heavy (non-hydrogen) atoms. The quantitative estimate of drug-likeness (QED) is 0.172. The highest BCUT2D eigenvalue weighted by molar-refractivity contribution is 6.08. The summed E-state index contributed by atoms with van der Waals surface area (Å²) in [5.74, 6) is -1.37. The number of likely N-dealkylation sites (N-methyl/N-ethyl adjacent to an activating group) is 1. The van der Waals surface area contributed by atoms with E-state index in [0.29, 0.717) is 12.3 Å². The molecule has 9 nitrogen and oxygen atoms in total. The van der Waals surface area contributed by atoms with Gasteiger partial charge in [0.15, 0.2) is 6.29 Å². The van der Waals surface area contributed by atoms with Crippen molar-refractivity contribution >= 4 is 29.1 Å². The maximum atomic E-state index is 15.2. The molecule has 0 aliphatic rings. The third-order valence-electron chi connectivity index (χ3n) is 5.82. The van der Waals surface area contributed by atoms with Crippen LogP contribution in [0.25, 0.3) is 0 Å². The minimum Gasteiger partial charge on any atom is -0.490 e. The number of halogens is 1. The molecule has 208 valence electrons. The molecule has 3 unspecified atom stereocenters. The van der Waals surface area contributed by atoms with Crippen LogP contribution in [0.5, 0.6) is 5.75 Å². The van der Waals surface area contributed by atoms with Gasteiger partial charge < -0.3 is 24.8 Å². The van der Waals surface area contributed by atoms with Crippen LogP contribution in [0.4, 0.5) is 20.6 Å². The predicted molar refractivity (Wildman–Crippen MR) is 147 cm³/mol. The van der Waals surface area contributed by atoms with E-state index in [4.69, 9.17) is 19.6 Å². The van der Waals surface area contributed by atoms with Crippen LogP contribution >= 0.6 is 0 Å². The summed E-state index contributed by atoms with van der Waals surface area (Å²) in [4.78, 5) is 27.0. The molecular formula is C28H39FN4O5. The molecule has 0 heterocycles. The number of urea groups is 1.